The van der Waals surface area contributed by atoms with E-state index >= 15 is 0 Å². The zero-order chi connectivity index (χ0) is 13.1. The summed E-state index contributed by atoms with van der Waals surface area (Å²) in [7, 11) is 3.22. The molecule has 0 atom stereocenters. The number of phenols is 1. The highest BCUT2D eigenvalue weighted by Gasteiger charge is 2.11. The quantitative estimate of drug-likeness (QED) is 0.899. The largest absolute Gasteiger partial charge is 0.507 e. The van der Waals surface area contributed by atoms with Crippen LogP contribution in [0.15, 0.2) is 36.4 Å². The lowest BCUT2D eigenvalue weighted by Crippen LogP contribution is -1.90. The molecule has 18 heavy (non-hydrogen) atoms. The van der Waals surface area contributed by atoms with E-state index in [4.69, 9.17) is 9.47 Å². The Morgan fingerprint density at radius 3 is 2.33 bits per heavy atom. The molecule has 94 valence electrons. The van der Waals surface area contributed by atoms with Crippen LogP contribution in [0.25, 0.3) is 11.1 Å². The summed E-state index contributed by atoms with van der Waals surface area (Å²) < 4.78 is 10.5. The first kappa shape index (κ1) is 12.3. The molecule has 0 spiro atoms. The van der Waals surface area contributed by atoms with Gasteiger partial charge in [0.1, 0.15) is 17.2 Å². The molecule has 0 unspecified atom stereocenters. The highest BCUT2D eigenvalue weighted by molar-refractivity contribution is 5.77. The minimum Gasteiger partial charge on any atom is -0.507 e. The second-order valence-corrected chi connectivity index (χ2v) is 4.09. The third-order valence-electron chi connectivity index (χ3n) is 2.85. The first-order valence-electron chi connectivity index (χ1n) is 5.67. The van der Waals surface area contributed by atoms with Crippen LogP contribution in [-0.4, -0.2) is 19.3 Å². The van der Waals surface area contributed by atoms with Crippen molar-refractivity contribution in [1.82, 2.24) is 0 Å². The van der Waals surface area contributed by atoms with Gasteiger partial charge in [-0.1, -0.05) is 11.6 Å². The Labute approximate surface area is 107 Å². The first-order valence-corrected chi connectivity index (χ1v) is 5.67. The number of aromatic hydroxyl groups is 1. The minimum absolute atomic E-state index is 0.208. The maximum atomic E-state index is 9.98. The van der Waals surface area contributed by atoms with Gasteiger partial charge in [-0.05, 0) is 37.3 Å². The van der Waals surface area contributed by atoms with Crippen LogP contribution in [0.4, 0.5) is 0 Å². The Kier molecular flexibility index (Phi) is 3.42. The predicted molar refractivity (Wildman–Crippen MR) is 71.4 cm³/mol. The normalized spacial score (nSPS) is 10.2. The van der Waals surface area contributed by atoms with Crippen LogP contribution < -0.4 is 9.47 Å². The van der Waals surface area contributed by atoms with Crippen molar-refractivity contribution in [2.45, 2.75) is 6.92 Å². The summed E-state index contributed by atoms with van der Waals surface area (Å²) in [5, 5.41) is 9.98. The second kappa shape index (κ2) is 5.00. The average molecular weight is 244 g/mol. The van der Waals surface area contributed by atoms with Crippen LogP contribution >= 0.6 is 0 Å². The van der Waals surface area contributed by atoms with Crippen LogP contribution in [0.5, 0.6) is 17.2 Å². The molecule has 0 bridgehead atoms. The molecule has 0 aliphatic carbocycles. The van der Waals surface area contributed by atoms with Gasteiger partial charge < -0.3 is 14.6 Å². The molecule has 1 N–H and O–H groups in total. The Morgan fingerprint density at radius 1 is 0.889 bits per heavy atom. The number of aryl methyl sites for hydroxylation is 1. The summed E-state index contributed by atoms with van der Waals surface area (Å²) >= 11 is 0. The van der Waals surface area contributed by atoms with Gasteiger partial charge in [-0.15, -0.1) is 0 Å². The van der Waals surface area contributed by atoms with Crippen molar-refractivity contribution in [3.8, 4) is 28.4 Å². The highest BCUT2D eigenvalue weighted by atomic mass is 16.5. The molecule has 3 nitrogen and oxygen atoms in total. The van der Waals surface area contributed by atoms with Gasteiger partial charge in [0.05, 0.1) is 14.2 Å². The third kappa shape index (κ3) is 2.25. The summed E-state index contributed by atoms with van der Waals surface area (Å²) in [4.78, 5) is 0. The summed E-state index contributed by atoms with van der Waals surface area (Å²) in [6, 6.07) is 11.0. The van der Waals surface area contributed by atoms with E-state index in [-0.39, 0.29) is 5.75 Å². The summed E-state index contributed by atoms with van der Waals surface area (Å²) in [5.74, 6) is 1.63. The van der Waals surface area contributed by atoms with Crippen molar-refractivity contribution in [3.63, 3.8) is 0 Å². The number of ether oxygens (including phenoxy) is 2. The number of hydrogen-bond donors (Lipinski definition) is 1. The Bertz CT molecular complexity index is 562. The van der Waals surface area contributed by atoms with Crippen LogP contribution in [0.2, 0.25) is 0 Å². The van der Waals surface area contributed by atoms with Gasteiger partial charge in [0.15, 0.2) is 0 Å². The van der Waals surface area contributed by atoms with Gasteiger partial charge in [0.2, 0.25) is 0 Å². The lowest BCUT2D eigenvalue weighted by Gasteiger charge is -2.12. The summed E-state index contributed by atoms with van der Waals surface area (Å²) in [6.07, 6.45) is 0. The van der Waals surface area contributed by atoms with Crippen LogP contribution in [-0.2, 0) is 0 Å². The Hall–Kier alpha value is -2.16. The molecule has 0 saturated carbocycles. The molecule has 0 saturated heterocycles. The molecule has 0 aromatic heterocycles. The summed E-state index contributed by atoms with van der Waals surface area (Å²) in [6.45, 7) is 2.00. The predicted octanol–water partition coefficient (Wildman–Crippen LogP) is 3.38. The molecule has 2 aromatic rings. The van der Waals surface area contributed by atoms with E-state index in [1.165, 1.54) is 0 Å². The van der Waals surface area contributed by atoms with Gasteiger partial charge in [-0.25, -0.2) is 0 Å². The SMILES string of the molecule is COc1ccc(O)c(-c2cc(C)ccc2OC)c1. The topological polar surface area (TPSA) is 38.7 Å². The lowest BCUT2D eigenvalue weighted by atomic mass is 10.0. The molecule has 0 fully saturated rings. The van der Waals surface area contributed by atoms with Crippen molar-refractivity contribution >= 4 is 0 Å². The van der Waals surface area contributed by atoms with E-state index in [1.807, 2.05) is 25.1 Å². The second-order valence-electron chi connectivity index (χ2n) is 4.09. The number of benzene rings is 2. The van der Waals surface area contributed by atoms with Crippen molar-refractivity contribution in [1.29, 1.82) is 0 Å². The molecule has 0 amide bonds. The van der Waals surface area contributed by atoms with Gasteiger partial charge in [0, 0.05) is 11.1 Å². The van der Waals surface area contributed by atoms with Gasteiger partial charge in [-0.3, -0.25) is 0 Å². The van der Waals surface area contributed by atoms with Crippen LogP contribution in [0.1, 0.15) is 5.56 Å². The highest BCUT2D eigenvalue weighted by Crippen LogP contribution is 2.38. The zero-order valence-electron chi connectivity index (χ0n) is 10.7. The van der Waals surface area contributed by atoms with Crippen molar-refractivity contribution < 1.29 is 14.6 Å². The van der Waals surface area contributed by atoms with Crippen molar-refractivity contribution in [2.75, 3.05) is 14.2 Å². The van der Waals surface area contributed by atoms with Crippen molar-refractivity contribution in [3.05, 3.63) is 42.0 Å². The fraction of sp³-hybridized carbons (Fsp3) is 0.200. The van der Waals surface area contributed by atoms with E-state index in [0.717, 1.165) is 16.9 Å². The van der Waals surface area contributed by atoms with Gasteiger partial charge in [-0.2, -0.15) is 0 Å². The molecule has 2 aromatic carbocycles. The number of hydrogen-bond acceptors (Lipinski definition) is 3. The molecule has 3 heteroatoms. The lowest BCUT2D eigenvalue weighted by molar-refractivity contribution is 0.411. The fourth-order valence-corrected chi connectivity index (χ4v) is 1.89. The van der Waals surface area contributed by atoms with E-state index in [0.29, 0.717) is 11.3 Å². The summed E-state index contributed by atoms with van der Waals surface area (Å²) in [5.41, 5.74) is 2.66. The van der Waals surface area contributed by atoms with Crippen LogP contribution in [0.3, 0.4) is 0 Å². The molecule has 0 heterocycles. The average Bonchev–Trinajstić information content (AvgIpc) is 2.39. The Balaban J connectivity index is 2.63. The van der Waals surface area contributed by atoms with E-state index in [2.05, 4.69) is 0 Å². The molecule has 0 aliphatic rings. The monoisotopic (exact) mass is 244 g/mol. The molecule has 0 aliphatic heterocycles. The third-order valence-corrected chi connectivity index (χ3v) is 2.85. The molecular formula is C15H16O3. The van der Waals surface area contributed by atoms with Gasteiger partial charge >= 0.3 is 0 Å². The van der Waals surface area contributed by atoms with Crippen LogP contribution in [0, 0.1) is 6.92 Å². The fourth-order valence-electron chi connectivity index (χ4n) is 1.89. The molecule has 0 radical (unpaired) electrons. The first-order chi connectivity index (χ1) is 8.65. The molecular weight excluding hydrogens is 228 g/mol. The van der Waals surface area contributed by atoms with Gasteiger partial charge in [0.25, 0.3) is 0 Å². The smallest absolute Gasteiger partial charge is 0.126 e. The van der Waals surface area contributed by atoms with E-state index in [9.17, 15) is 5.11 Å². The van der Waals surface area contributed by atoms with Crippen molar-refractivity contribution in [2.24, 2.45) is 0 Å². The minimum atomic E-state index is 0.208. The van der Waals surface area contributed by atoms with E-state index < -0.39 is 0 Å². The number of rotatable bonds is 3. The standard InChI is InChI=1S/C15H16O3/c1-10-4-7-15(18-3)13(8-10)12-9-11(17-2)5-6-14(12)16/h4-9,16H,1-3H3. The maximum Gasteiger partial charge on any atom is 0.126 e. The Morgan fingerprint density at radius 2 is 1.67 bits per heavy atom. The zero-order valence-corrected chi connectivity index (χ0v) is 10.7. The number of phenolic OH excluding ortho intramolecular Hbond substituents is 1. The molecule has 2 rings (SSSR count). The number of methoxy groups -OCH3 is 2. The van der Waals surface area contributed by atoms with E-state index in [1.54, 1.807) is 32.4 Å². The maximum absolute atomic E-state index is 9.98.